The van der Waals surface area contributed by atoms with E-state index in [-0.39, 0.29) is 16.8 Å². The second kappa shape index (κ2) is 6.08. The Hall–Kier alpha value is -2.16. The Labute approximate surface area is 132 Å². The van der Waals surface area contributed by atoms with Gasteiger partial charge in [-0.05, 0) is 59.0 Å². The van der Waals surface area contributed by atoms with Gasteiger partial charge in [-0.2, -0.15) is 0 Å². The fourth-order valence-electron chi connectivity index (χ4n) is 1.66. The molecule has 0 heterocycles. The molecule has 7 heteroatoms. The van der Waals surface area contributed by atoms with Crippen molar-refractivity contribution in [1.29, 1.82) is 0 Å². The van der Waals surface area contributed by atoms with Crippen molar-refractivity contribution in [3.8, 4) is 5.75 Å². The number of amides is 1. The van der Waals surface area contributed by atoms with Crippen LogP contribution in [-0.4, -0.2) is 22.1 Å². The molecule has 0 saturated heterocycles. The Morgan fingerprint density at radius 2 is 1.81 bits per heavy atom. The number of nitrogens with one attached hydrogen (secondary N) is 1. The maximum Gasteiger partial charge on any atom is 0.339 e. The first-order chi connectivity index (χ1) is 9.88. The third-order valence-corrected chi connectivity index (χ3v) is 3.55. The first kappa shape index (κ1) is 15.2. The van der Waals surface area contributed by atoms with E-state index in [9.17, 15) is 19.1 Å². The molecular formula is C14H9FINO4. The molecule has 0 aliphatic carbocycles. The number of aromatic hydroxyl groups is 1. The fraction of sp³-hybridized carbons (Fsp3) is 0. The van der Waals surface area contributed by atoms with Gasteiger partial charge in [-0.3, -0.25) is 4.79 Å². The molecule has 0 radical (unpaired) electrons. The summed E-state index contributed by atoms with van der Waals surface area (Å²) >= 11 is 1.83. The number of carboxylic acids is 1. The lowest BCUT2D eigenvalue weighted by atomic mass is 10.1. The predicted molar refractivity (Wildman–Crippen MR) is 82.1 cm³/mol. The van der Waals surface area contributed by atoms with Gasteiger partial charge in [0.05, 0.1) is 5.56 Å². The van der Waals surface area contributed by atoms with E-state index in [2.05, 4.69) is 5.32 Å². The molecule has 0 aliphatic rings. The molecule has 3 N–H and O–H groups in total. The molecule has 5 nitrogen and oxygen atoms in total. The van der Waals surface area contributed by atoms with Crippen LogP contribution < -0.4 is 5.32 Å². The van der Waals surface area contributed by atoms with Crippen LogP contribution in [0, 0.1) is 9.39 Å². The number of aromatic carboxylic acids is 1. The zero-order chi connectivity index (χ0) is 15.6. The maximum atomic E-state index is 13.0. The highest BCUT2D eigenvalue weighted by atomic mass is 127. The number of anilines is 1. The van der Waals surface area contributed by atoms with Crippen molar-refractivity contribution >= 4 is 40.2 Å². The lowest BCUT2D eigenvalue weighted by Crippen LogP contribution is -2.14. The van der Waals surface area contributed by atoms with Gasteiger partial charge in [0.1, 0.15) is 17.1 Å². The molecule has 2 aromatic rings. The van der Waals surface area contributed by atoms with E-state index < -0.39 is 23.4 Å². The summed E-state index contributed by atoms with van der Waals surface area (Å²) in [4.78, 5) is 23.0. The van der Waals surface area contributed by atoms with Crippen LogP contribution in [0.5, 0.6) is 5.75 Å². The van der Waals surface area contributed by atoms with Gasteiger partial charge in [0.15, 0.2) is 0 Å². The highest BCUT2D eigenvalue weighted by molar-refractivity contribution is 14.1. The largest absolute Gasteiger partial charge is 0.507 e. The summed E-state index contributed by atoms with van der Waals surface area (Å²) in [6.07, 6.45) is 0. The lowest BCUT2D eigenvalue weighted by molar-refractivity contribution is 0.0693. The van der Waals surface area contributed by atoms with Gasteiger partial charge < -0.3 is 15.5 Å². The molecule has 2 aromatic carbocycles. The second-order valence-electron chi connectivity index (χ2n) is 4.12. The summed E-state index contributed by atoms with van der Waals surface area (Å²) < 4.78 is 13.4. The quantitative estimate of drug-likeness (QED) is 0.545. The number of carbonyl (C=O) groups excluding carboxylic acids is 1. The summed E-state index contributed by atoms with van der Waals surface area (Å²) in [6.45, 7) is 0. The molecule has 0 saturated carbocycles. The summed E-state index contributed by atoms with van der Waals surface area (Å²) in [7, 11) is 0. The van der Waals surface area contributed by atoms with Crippen LogP contribution in [0.3, 0.4) is 0 Å². The Kier molecular flexibility index (Phi) is 4.41. The fourth-order valence-corrected chi connectivity index (χ4v) is 2.38. The zero-order valence-corrected chi connectivity index (χ0v) is 12.6. The van der Waals surface area contributed by atoms with Gasteiger partial charge >= 0.3 is 5.97 Å². The molecule has 0 aliphatic heterocycles. The normalized spacial score (nSPS) is 10.2. The van der Waals surface area contributed by atoms with Crippen molar-refractivity contribution in [2.45, 2.75) is 0 Å². The minimum absolute atomic E-state index is 0.218. The van der Waals surface area contributed by atoms with Crippen LogP contribution in [0.4, 0.5) is 10.1 Å². The Balaban J connectivity index is 2.27. The lowest BCUT2D eigenvalue weighted by Gasteiger charge is -2.08. The topological polar surface area (TPSA) is 86.6 Å². The van der Waals surface area contributed by atoms with Crippen molar-refractivity contribution in [3.05, 3.63) is 56.9 Å². The molecule has 108 valence electrons. The number of halogens is 2. The number of phenols is 1. The highest BCUT2D eigenvalue weighted by Crippen LogP contribution is 2.22. The number of hydrogen-bond acceptors (Lipinski definition) is 3. The summed E-state index contributed by atoms with van der Waals surface area (Å²) in [5.41, 5.74) is 0.166. The standard InChI is InChI=1S/C14H9FINO4/c15-7-1-3-9(11(16)5-7)13(19)17-8-2-4-12(18)10(6-8)14(20)21/h1-6,18H,(H,17,19)(H,20,21). The van der Waals surface area contributed by atoms with E-state index in [0.717, 1.165) is 12.1 Å². The molecule has 0 fully saturated rings. The first-order valence-corrected chi connectivity index (χ1v) is 6.79. The van der Waals surface area contributed by atoms with Gasteiger partial charge in [-0.1, -0.05) is 0 Å². The van der Waals surface area contributed by atoms with Gasteiger partial charge in [-0.25, -0.2) is 9.18 Å². The minimum atomic E-state index is -1.31. The number of carbonyl (C=O) groups is 2. The Morgan fingerprint density at radius 1 is 1.10 bits per heavy atom. The Morgan fingerprint density at radius 3 is 2.43 bits per heavy atom. The van der Waals surface area contributed by atoms with Crippen molar-refractivity contribution in [2.75, 3.05) is 5.32 Å². The SMILES string of the molecule is O=C(O)c1cc(NC(=O)c2ccc(F)cc2I)ccc1O. The monoisotopic (exact) mass is 401 g/mol. The molecular weight excluding hydrogens is 392 g/mol. The van der Waals surface area contributed by atoms with Crippen LogP contribution in [0.2, 0.25) is 0 Å². The van der Waals surface area contributed by atoms with E-state index >= 15 is 0 Å². The summed E-state index contributed by atoms with van der Waals surface area (Å²) in [5, 5.41) is 20.8. The molecule has 1 amide bonds. The predicted octanol–water partition coefficient (Wildman–Crippen LogP) is 3.09. The van der Waals surface area contributed by atoms with Gasteiger partial charge in [-0.15, -0.1) is 0 Å². The molecule has 0 bridgehead atoms. The third-order valence-electron chi connectivity index (χ3n) is 2.66. The van der Waals surface area contributed by atoms with E-state index in [0.29, 0.717) is 3.57 Å². The summed E-state index contributed by atoms with van der Waals surface area (Å²) in [6, 6.07) is 7.41. The van der Waals surface area contributed by atoms with Crippen LogP contribution >= 0.6 is 22.6 Å². The number of carboxylic acid groups (broad SMARTS) is 1. The number of hydrogen-bond donors (Lipinski definition) is 3. The average Bonchev–Trinajstić information content (AvgIpc) is 2.40. The summed E-state index contributed by atoms with van der Waals surface area (Å²) in [5.74, 6) is -2.65. The van der Waals surface area contributed by atoms with Crippen molar-refractivity contribution in [3.63, 3.8) is 0 Å². The number of rotatable bonds is 3. The molecule has 0 aromatic heterocycles. The minimum Gasteiger partial charge on any atom is -0.507 e. The van der Waals surface area contributed by atoms with E-state index in [1.807, 2.05) is 22.6 Å². The second-order valence-corrected chi connectivity index (χ2v) is 5.28. The van der Waals surface area contributed by atoms with Crippen molar-refractivity contribution < 1.29 is 24.2 Å². The van der Waals surface area contributed by atoms with Crippen LogP contribution in [0.1, 0.15) is 20.7 Å². The third kappa shape index (κ3) is 3.48. The van der Waals surface area contributed by atoms with Crippen LogP contribution in [0.15, 0.2) is 36.4 Å². The molecule has 0 atom stereocenters. The zero-order valence-electron chi connectivity index (χ0n) is 10.4. The van der Waals surface area contributed by atoms with E-state index in [1.165, 1.54) is 24.3 Å². The average molecular weight is 401 g/mol. The molecule has 2 rings (SSSR count). The highest BCUT2D eigenvalue weighted by Gasteiger charge is 2.14. The first-order valence-electron chi connectivity index (χ1n) is 5.71. The maximum absolute atomic E-state index is 13.0. The van der Waals surface area contributed by atoms with E-state index in [1.54, 1.807) is 0 Å². The van der Waals surface area contributed by atoms with Gasteiger partial charge in [0.25, 0.3) is 5.91 Å². The van der Waals surface area contributed by atoms with E-state index in [4.69, 9.17) is 5.11 Å². The van der Waals surface area contributed by atoms with Crippen LogP contribution in [-0.2, 0) is 0 Å². The molecule has 0 unspecified atom stereocenters. The molecule has 21 heavy (non-hydrogen) atoms. The van der Waals surface area contributed by atoms with Crippen molar-refractivity contribution in [1.82, 2.24) is 0 Å². The smallest absolute Gasteiger partial charge is 0.339 e. The van der Waals surface area contributed by atoms with Gasteiger partial charge in [0.2, 0.25) is 0 Å². The number of benzene rings is 2. The van der Waals surface area contributed by atoms with Crippen molar-refractivity contribution in [2.24, 2.45) is 0 Å². The molecule has 0 spiro atoms. The van der Waals surface area contributed by atoms with Crippen LogP contribution in [0.25, 0.3) is 0 Å². The van der Waals surface area contributed by atoms with Gasteiger partial charge in [0, 0.05) is 9.26 Å². The Bertz CT molecular complexity index is 733.